The van der Waals surface area contributed by atoms with Crippen LogP contribution in [0.2, 0.25) is 0 Å². The number of nitrogen functional groups attached to an aromatic ring is 1. The van der Waals surface area contributed by atoms with E-state index in [0.29, 0.717) is 18.1 Å². The highest BCUT2D eigenvalue weighted by Gasteiger charge is 2.11. The van der Waals surface area contributed by atoms with Gasteiger partial charge in [-0.1, -0.05) is 50.2 Å². The fourth-order valence-corrected chi connectivity index (χ4v) is 2.47. The smallest absolute Gasteiger partial charge is 0.222 e. The van der Waals surface area contributed by atoms with E-state index in [2.05, 4.69) is 19.9 Å². The van der Waals surface area contributed by atoms with Gasteiger partial charge >= 0.3 is 0 Å². The van der Waals surface area contributed by atoms with Crippen molar-refractivity contribution in [3.63, 3.8) is 0 Å². The summed E-state index contributed by atoms with van der Waals surface area (Å²) in [5.74, 6) is 1.08. The molecular formula is C21H26N6. The van der Waals surface area contributed by atoms with Crippen LogP contribution < -0.4 is 11.5 Å². The number of nitrogens with zero attached hydrogens (tertiary/aromatic N) is 4. The van der Waals surface area contributed by atoms with Crippen molar-refractivity contribution in [2.45, 2.75) is 34.1 Å². The van der Waals surface area contributed by atoms with E-state index < -0.39 is 0 Å². The normalized spacial score (nSPS) is 10.9. The van der Waals surface area contributed by atoms with Gasteiger partial charge < -0.3 is 11.5 Å². The van der Waals surface area contributed by atoms with Crippen molar-refractivity contribution in [3.8, 4) is 11.3 Å². The Morgan fingerprint density at radius 3 is 2.33 bits per heavy atom. The first-order valence-electron chi connectivity index (χ1n) is 8.97. The second-order valence-corrected chi connectivity index (χ2v) is 5.85. The Balaban J connectivity index is 0.00000126. The molecule has 0 saturated carbocycles. The molecule has 0 aliphatic heterocycles. The summed E-state index contributed by atoms with van der Waals surface area (Å²) in [4.78, 5) is 17.4. The van der Waals surface area contributed by atoms with Gasteiger partial charge in [0.25, 0.3) is 0 Å². The summed E-state index contributed by atoms with van der Waals surface area (Å²) in [5, 5.41) is 0. The number of pyridine rings is 1. The average molecular weight is 362 g/mol. The summed E-state index contributed by atoms with van der Waals surface area (Å²) >= 11 is 0. The first-order valence-corrected chi connectivity index (χ1v) is 8.97. The highest BCUT2D eigenvalue weighted by molar-refractivity contribution is 5.85. The molecule has 0 atom stereocenters. The molecule has 27 heavy (non-hydrogen) atoms. The molecule has 0 unspecified atom stereocenters. The van der Waals surface area contributed by atoms with Crippen molar-refractivity contribution in [3.05, 3.63) is 65.5 Å². The molecule has 140 valence electrons. The van der Waals surface area contributed by atoms with Crippen LogP contribution in [-0.4, -0.2) is 20.8 Å². The predicted molar refractivity (Wildman–Crippen MR) is 112 cm³/mol. The van der Waals surface area contributed by atoms with Gasteiger partial charge in [0.15, 0.2) is 5.82 Å². The summed E-state index contributed by atoms with van der Waals surface area (Å²) in [6.07, 6.45) is 2.26. The maximum Gasteiger partial charge on any atom is 0.222 e. The van der Waals surface area contributed by atoms with Gasteiger partial charge in [0.05, 0.1) is 5.69 Å². The molecule has 0 bridgehead atoms. The Kier molecular flexibility index (Phi) is 7.00. The van der Waals surface area contributed by atoms with Crippen molar-refractivity contribution in [1.82, 2.24) is 15.0 Å². The van der Waals surface area contributed by atoms with Gasteiger partial charge in [0.2, 0.25) is 5.95 Å². The zero-order chi connectivity index (χ0) is 19.8. The SMILES string of the molecule is CC.Cc1ccc(CC(N)=Nc2nc(N)nc(-c3ccccc3)c2C)nc1. The Labute approximate surface area is 160 Å². The van der Waals surface area contributed by atoms with Crippen LogP contribution in [0.15, 0.2) is 53.7 Å². The molecule has 0 radical (unpaired) electrons. The van der Waals surface area contributed by atoms with Crippen molar-refractivity contribution in [2.24, 2.45) is 10.7 Å². The average Bonchev–Trinajstić information content (AvgIpc) is 2.68. The molecule has 3 aromatic rings. The summed E-state index contributed by atoms with van der Waals surface area (Å²) in [6, 6.07) is 13.7. The molecule has 0 amide bonds. The van der Waals surface area contributed by atoms with E-state index in [9.17, 15) is 0 Å². The number of benzene rings is 1. The van der Waals surface area contributed by atoms with Crippen molar-refractivity contribution in [2.75, 3.05) is 5.73 Å². The lowest BCUT2D eigenvalue weighted by atomic mass is 10.1. The molecule has 0 fully saturated rings. The fourth-order valence-electron chi connectivity index (χ4n) is 2.47. The first-order chi connectivity index (χ1) is 13.0. The Bertz CT molecular complexity index is 902. The lowest BCUT2D eigenvalue weighted by Crippen LogP contribution is -2.16. The van der Waals surface area contributed by atoms with E-state index >= 15 is 0 Å². The molecule has 2 heterocycles. The van der Waals surface area contributed by atoms with Gasteiger partial charge in [-0.15, -0.1) is 0 Å². The number of aryl methyl sites for hydroxylation is 1. The molecule has 4 N–H and O–H groups in total. The molecule has 0 aliphatic carbocycles. The number of aromatic nitrogens is 3. The number of rotatable bonds is 4. The van der Waals surface area contributed by atoms with E-state index in [4.69, 9.17) is 11.5 Å². The van der Waals surface area contributed by atoms with Crippen LogP contribution >= 0.6 is 0 Å². The summed E-state index contributed by atoms with van der Waals surface area (Å²) in [7, 11) is 0. The molecule has 6 heteroatoms. The minimum absolute atomic E-state index is 0.171. The summed E-state index contributed by atoms with van der Waals surface area (Å²) in [5.41, 5.74) is 16.5. The van der Waals surface area contributed by atoms with Crippen LogP contribution in [0, 0.1) is 13.8 Å². The molecule has 3 rings (SSSR count). The van der Waals surface area contributed by atoms with Crippen LogP contribution in [-0.2, 0) is 6.42 Å². The second-order valence-electron chi connectivity index (χ2n) is 5.85. The van der Waals surface area contributed by atoms with Gasteiger partial charge in [0.1, 0.15) is 5.84 Å². The molecule has 2 aromatic heterocycles. The first kappa shape index (κ1) is 20.0. The zero-order valence-corrected chi connectivity index (χ0v) is 16.3. The van der Waals surface area contributed by atoms with E-state index in [-0.39, 0.29) is 5.95 Å². The van der Waals surface area contributed by atoms with E-state index in [1.54, 1.807) is 0 Å². The van der Waals surface area contributed by atoms with E-state index in [1.807, 2.05) is 76.4 Å². The predicted octanol–water partition coefficient (Wildman–Crippen LogP) is 4.00. The van der Waals surface area contributed by atoms with Crippen molar-refractivity contribution in [1.29, 1.82) is 0 Å². The number of anilines is 1. The van der Waals surface area contributed by atoms with Gasteiger partial charge in [-0.2, -0.15) is 4.98 Å². The van der Waals surface area contributed by atoms with Gasteiger partial charge in [0, 0.05) is 29.4 Å². The minimum Gasteiger partial charge on any atom is -0.387 e. The number of aliphatic imine (C=N–C) groups is 1. The van der Waals surface area contributed by atoms with Crippen LogP contribution in [0.3, 0.4) is 0 Å². The monoisotopic (exact) mass is 362 g/mol. The summed E-state index contributed by atoms with van der Waals surface area (Å²) in [6.45, 7) is 7.91. The Hall–Kier alpha value is -3.28. The number of hydrogen-bond donors (Lipinski definition) is 2. The van der Waals surface area contributed by atoms with E-state index in [1.165, 1.54) is 0 Å². The minimum atomic E-state index is 0.171. The third-order valence-electron chi connectivity index (χ3n) is 3.77. The zero-order valence-electron chi connectivity index (χ0n) is 16.3. The Morgan fingerprint density at radius 2 is 1.70 bits per heavy atom. The van der Waals surface area contributed by atoms with Crippen molar-refractivity contribution >= 4 is 17.6 Å². The number of amidine groups is 1. The van der Waals surface area contributed by atoms with Gasteiger partial charge in [-0.05, 0) is 25.5 Å². The molecule has 0 aliphatic rings. The Morgan fingerprint density at radius 1 is 1.00 bits per heavy atom. The highest BCUT2D eigenvalue weighted by atomic mass is 15.1. The molecule has 6 nitrogen and oxygen atoms in total. The standard InChI is InChI=1S/C19H20N6.C2H6/c1-12-8-9-15(22-11-12)10-16(20)23-18-13(2)17(24-19(21)25-18)14-6-4-3-5-7-14;1-2/h3-9,11H,10H2,1-2H3,(H4,20,21,23,24,25);1-2H3. The van der Waals surface area contributed by atoms with E-state index in [0.717, 1.165) is 28.1 Å². The third kappa shape index (κ3) is 5.34. The topological polar surface area (TPSA) is 103 Å². The summed E-state index contributed by atoms with van der Waals surface area (Å²) < 4.78 is 0. The number of nitrogens with two attached hydrogens (primary N) is 2. The van der Waals surface area contributed by atoms with Crippen LogP contribution in [0.5, 0.6) is 0 Å². The van der Waals surface area contributed by atoms with Crippen LogP contribution in [0.1, 0.15) is 30.7 Å². The van der Waals surface area contributed by atoms with Crippen molar-refractivity contribution < 1.29 is 0 Å². The quantitative estimate of drug-likeness (QED) is 0.539. The lowest BCUT2D eigenvalue weighted by Gasteiger charge is -2.09. The molecule has 0 saturated heterocycles. The lowest BCUT2D eigenvalue weighted by molar-refractivity contribution is 1.09. The maximum absolute atomic E-state index is 6.09. The van der Waals surface area contributed by atoms with Crippen LogP contribution in [0.25, 0.3) is 11.3 Å². The molecule has 0 spiro atoms. The maximum atomic E-state index is 6.09. The van der Waals surface area contributed by atoms with Gasteiger partial charge in [-0.25, -0.2) is 9.98 Å². The van der Waals surface area contributed by atoms with Crippen LogP contribution in [0.4, 0.5) is 11.8 Å². The fraction of sp³-hybridized carbons (Fsp3) is 0.238. The molecule has 1 aromatic carbocycles. The third-order valence-corrected chi connectivity index (χ3v) is 3.77. The molecular weight excluding hydrogens is 336 g/mol. The van der Waals surface area contributed by atoms with Gasteiger partial charge in [-0.3, -0.25) is 4.98 Å². The largest absolute Gasteiger partial charge is 0.387 e. The number of hydrogen-bond acceptors (Lipinski definition) is 5. The second kappa shape index (κ2) is 9.43. The highest BCUT2D eigenvalue weighted by Crippen LogP contribution is 2.27.